The zero-order valence-corrected chi connectivity index (χ0v) is 11.4. The van der Waals surface area contributed by atoms with Crippen LogP contribution < -0.4 is 5.73 Å². The molecule has 0 fully saturated rings. The van der Waals surface area contributed by atoms with Gasteiger partial charge < -0.3 is 5.73 Å². The minimum atomic E-state index is 0. The lowest BCUT2D eigenvalue weighted by molar-refractivity contribution is 1.06. The van der Waals surface area contributed by atoms with Gasteiger partial charge in [0.1, 0.15) is 0 Å². The predicted molar refractivity (Wildman–Crippen MR) is 77.1 cm³/mol. The van der Waals surface area contributed by atoms with Crippen LogP contribution in [0.1, 0.15) is 5.56 Å². The first-order valence-electron chi connectivity index (χ1n) is 4.70. The van der Waals surface area contributed by atoms with Crippen LogP contribution in [0, 0.1) is 0 Å². The zero-order chi connectivity index (χ0) is 10.7. The molecule has 2 aromatic rings. The van der Waals surface area contributed by atoms with Crippen molar-refractivity contribution in [2.24, 2.45) is 5.73 Å². The molecule has 0 aliphatic heterocycles. The third kappa shape index (κ3) is 3.86. The van der Waals surface area contributed by atoms with Crippen molar-refractivity contribution in [2.45, 2.75) is 6.54 Å². The Bertz CT molecular complexity index is 475. The van der Waals surface area contributed by atoms with Gasteiger partial charge in [-0.1, -0.05) is 23.7 Å². The Morgan fingerprint density at radius 2 is 1.94 bits per heavy atom. The molecule has 0 spiro atoms. The van der Waals surface area contributed by atoms with Gasteiger partial charge in [-0.3, -0.25) is 4.98 Å². The van der Waals surface area contributed by atoms with Crippen LogP contribution in [-0.4, -0.2) is 4.98 Å². The number of nitrogens with two attached hydrogens (primary N) is 1. The molecule has 2 rings (SSSR count). The van der Waals surface area contributed by atoms with E-state index in [1.807, 2.05) is 36.5 Å². The zero-order valence-electron chi connectivity index (χ0n) is 8.97. The Balaban J connectivity index is 0.00000128. The van der Waals surface area contributed by atoms with Crippen molar-refractivity contribution in [1.29, 1.82) is 0 Å². The average molecular weight is 292 g/mol. The SMILES string of the molecule is Cl.Cl.NCc1ccncc1-c1cccc(Cl)c1. The number of nitrogens with zero attached hydrogens (tertiary/aromatic N) is 1. The number of hydrogen-bond donors (Lipinski definition) is 1. The van der Waals surface area contributed by atoms with Gasteiger partial charge in [0.05, 0.1) is 0 Å². The first kappa shape index (κ1) is 16.2. The van der Waals surface area contributed by atoms with Crippen molar-refractivity contribution in [3.8, 4) is 11.1 Å². The summed E-state index contributed by atoms with van der Waals surface area (Å²) in [4.78, 5) is 4.10. The molecule has 0 atom stereocenters. The molecule has 0 amide bonds. The first-order chi connectivity index (χ1) is 7.31. The van der Waals surface area contributed by atoms with Gasteiger partial charge in [-0.2, -0.15) is 0 Å². The van der Waals surface area contributed by atoms with Crippen LogP contribution in [0.25, 0.3) is 11.1 Å². The van der Waals surface area contributed by atoms with Crippen LogP contribution in [0.4, 0.5) is 0 Å². The summed E-state index contributed by atoms with van der Waals surface area (Å²) in [5.74, 6) is 0. The minimum Gasteiger partial charge on any atom is -0.326 e. The highest BCUT2D eigenvalue weighted by molar-refractivity contribution is 6.30. The first-order valence-corrected chi connectivity index (χ1v) is 5.08. The molecule has 2 N–H and O–H groups in total. The van der Waals surface area contributed by atoms with Gasteiger partial charge in [0.2, 0.25) is 0 Å². The maximum absolute atomic E-state index is 5.94. The third-order valence-electron chi connectivity index (χ3n) is 2.27. The molecule has 0 aliphatic carbocycles. The maximum Gasteiger partial charge on any atom is 0.0412 e. The van der Waals surface area contributed by atoms with Crippen LogP contribution in [0.15, 0.2) is 42.7 Å². The number of benzene rings is 1. The molecule has 1 aromatic heterocycles. The highest BCUT2D eigenvalue weighted by Gasteiger charge is 2.03. The molecule has 5 heteroatoms. The topological polar surface area (TPSA) is 38.9 Å². The van der Waals surface area contributed by atoms with Crippen LogP contribution >= 0.6 is 36.4 Å². The molecular formula is C12H13Cl3N2. The number of pyridine rings is 1. The number of aromatic nitrogens is 1. The second-order valence-electron chi connectivity index (χ2n) is 3.25. The van der Waals surface area contributed by atoms with Gasteiger partial charge in [0.25, 0.3) is 0 Å². The van der Waals surface area contributed by atoms with E-state index in [1.165, 1.54) is 0 Å². The smallest absolute Gasteiger partial charge is 0.0412 e. The van der Waals surface area contributed by atoms with E-state index in [0.29, 0.717) is 6.54 Å². The second kappa shape index (κ2) is 7.51. The molecule has 1 heterocycles. The third-order valence-corrected chi connectivity index (χ3v) is 2.50. The standard InChI is InChI=1S/C12H11ClN2.2ClH/c13-11-3-1-2-9(6-11)12-8-15-5-4-10(12)7-14;;/h1-6,8H,7,14H2;2*1H. The van der Waals surface area contributed by atoms with Gasteiger partial charge in [-0.05, 0) is 29.3 Å². The highest BCUT2D eigenvalue weighted by Crippen LogP contribution is 2.24. The van der Waals surface area contributed by atoms with Gasteiger partial charge in [0.15, 0.2) is 0 Å². The molecule has 0 saturated carbocycles. The largest absolute Gasteiger partial charge is 0.326 e. The summed E-state index contributed by atoms with van der Waals surface area (Å²) in [6.45, 7) is 0.504. The lowest BCUT2D eigenvalue weighted by Crippen LogP contribution is -1.99. The van der Waals surface area contributed by atoms with Crippen molar-refractivity contribution in [2.75, 3.05) is 0 Å². The fourth-order valence-electron chi connectivity index (χ4n) is 1.52. The molecular weight excluding hydrogens is 279 g/mol. The molecule has 0 unspecified atom stereocenters. The van der Waals surface area contributed by atoms with Crippen molar-refractivity contribution in [1.82, 2.24) is 4.98 Å². The van der Waals surface area contributed by atoms with Crippen LogP contribution in [0.5, 0.6) is 0 Å². The Kier molecular flexibility index (Phi) is 7.16. The van der Waals surface area contributed by atoms with Crippen molar-refractivity contribution < 1.29 is 0 Å². The summed E-state index contributed by atoms with van der Waals surface area (Å²) in [6.07, 6.45) is 3.56. The van der Waals surface area contributed by atoms with Crippen LogP contribution in [0.3, 0.4) is 0 Å². The lowest BCUT2D eigenvalue weighted by Gasteiger charge is -2.06. The molecule has 0 aliphatic rings. The van der Waals surface area contributed by atoms with Crippen molar-refractivity contribution in [3.63, 3.8) is 0 Å². The van der Waals surface area contributed by atoms with Gasteiger partial charge >= 0.3 is 0 Å². The molecule has 1 aromatic carbocycles. The van der Waals surface area contributed by atoms with Crippen LogP contribution in [0.2, 0.25) is 5.02 Å². The Morgan fingerprint density at radius 1 is 1.18 bits per heavy atom. The number of rotatable bonds is 2. The summed E-state index contributed by atoms with van der Waals surface area (Å²) in [7, 11) is 0. The Hall–Kier alpha value is -0.800. The summed E-state index contributed by atoms with van der Waals surface area (Å²) < 4.78 is 0. The fraction of sp³-hybridized carbons (Fsp3) is 0.0833. The summed E-state index contributed by atoms with van der Waals surface area (Å²) in [6, 6.07) is 9.62. The summed E-state index contributed by atoms with van der Waals surface area (Å²) >= 11 is 5.94. The van der Waals surface area contributed by atoms with Gasteiger partial charge in [-0.25, -0.2) is 0 Å². The summed E-state index contributed by atoms with van der Waals surface area (Å²) in [5.41, 5.74) is 8.84. The monoisotopic (exact) mass is 290 g/mol. The molecule has 0 bridgehead atoms. The van der Waals surface area contributed by atoms with Gasteiger partial charge in [0, 0.05) is 29.5 Å². The lowest BCUT2D eigenvalue weighted by atomic mass is 10.0. The number of hydrogen-bond acceptors (Lipinski definition) is 2. The van der Waals surface area contributed by atoms with E-state index in [4.69, 9.17) is 17.3 Å². The average Bonchev–Trinajstić information content (AvgIpc) is 2.29. The predicted octanol–water partition coefficient (Wildman–Crippen LogP) is 3.70. The molecule has 92 valence electrons. The van der Waals surface area contributed by atoms with Crippen molar-refractivity contribution >= 4 is 36.4 Å². The van der Waals surface area contributed by atoms with Gasteiger partial charge in [-0.15, -0.1) is 24.8 Å². The van der Waals surface area contributed by atoms with E-state index in [-0.39, 0.29) is 24.8 Å². The van der Waals surface area contributed by atoms with E-state index in [0.717, 1.165) is 21.7 Å². The Morgan fingerprint density at radius 3 is 2.59 bits per heavy atom. The van der Waals surface area contributed by atoms with Crippen LogP contribution in [-0.2, 0) is 6.54 Å². The normalized spacial score (nSPS) is 9.06. The van der Waals surface area contributed by atoms with E-state index < -0.39 is 0 Å². The molecule has 0 radical (unpaired) electrons. The number of halogens is 3. The van der Waals surface area contributed by atoms with E-state index in [1.54, 1.807) is 6.20 Å². The van der Waals surface area contributed by atoms with Crippen molar-refractivity contribution in [3.05, 3.63) is 53.3 Å². The quantitative estimate of drug-likeness (QED) is 0.916. The summed E-state index contributed by atoms with van der Waals surface area (Å²) in [5, 5.41) is 0.722. The van der Waals surface area contributed by atoms with E-state index >= 15 is 0 Å². The second-order valence-corrected chi connectivity index (χ2v) is 3.68. The molecule has 17 heavy (non-hydrogen) atoms. The fourth-order valence-corrected chi connectivity index (χ4v) is 1.71. The van der Waals surface area contributed by atoms with E-state index in [9.17, 15) is 0 Å². The minimum absolute atomic E-state index is 0. The Labute approximate surface area is 118 Å². The molecule has 2 nitrogen and oxygen atoms in total. The highest BCUT2D eigenvalue weighted by atomic mass is 35.5. The maximum atomic E-state index is 5.94. The molecule has 0 saturated heterocycles. The van der Waals surface area contributed by atoms with E-state index in [2.05, 4.69) is 4.98 Å².